The van der Waals surface area contributed by atoms with Gasteiger partial charge in [-0.15, -0.1) is 11.8 Å². The summed E-state index contributed by atoms with van der Waals surface area (Å²) in [4.78, 5) is 15.6. The van der Waals surface area contributed by atoms with Gasteiger partial charge in [-0.1, -0.05) is 31.2 Å². The maximum atomic E-state index is 12.8. The number of nitrogens with one attached hydrogen (secondary N) is 1. The lowest BCUT2D eigenvalue weighted by Gasteiger charge is -2.20. The van der Waals surface area contributed by atoms with Crippen LogP contribution in [0.25, 0.3) is 0 Å². The van der Waals surface area contributed by atoms with E-state index in [0.29, 0.717) is 24.2 Å². The second-order valence-corrected chi connectivity index (χ2v) is 8.70. The molecule has 0 radical (unpaired) electrons. The number of carbonyl (C=O) groups excluding carboxylic acids is 1. The normalized spacial score (nSPS) is 11.2. The monoisotopic (exact) mass is 392 g/mol. The van der Waals surface area contributed by atoms with Crippen molar-refractivity contribution in [3.05, 3.63) is 59.7 Å². The predicted molar refractivity (Wildman–Crippen MR) is 108 cm³/mol. The van der Waals surface area contributed by atoms with E-state index in [1.807, 2.05) is 30.5 Å². The summed E-state index contributed by atoms with van der Waals surface area (Å²) in [6.45, 7) is 2.25. The molecule has 0 spiro atoms. The molecule has 2 rings (SSSR count). The van der Waals surface area contributed by atoms with E-state index in [1.165, 1.54) is 4.90 Å². The zero-order chi connectivity index (χ0) is 19.2. The second kappa shape index (κ2) is 9.09. The fraction of sp³-hybridized carbons (Fsp3) is 0.316. The van der Waals surface area contributed by atoms with E-state index in [9.17, 15) is 13.2 Å². The van der Waals surface area contributed by atoms with Crippen molar-refractivity contribution in [3.8, 4) is 0 Å². The Balaban J connectivity index is 2.17. The molecule has 26 heavy (non-hydrogen) atoms. The highest BCUT2D eigenvalue weighted by molar-refractivity contribution is 7.98. The molecule has 0 unspecified atom stereocenters. The number of carbonyl (C=O) groups is 1. The largest absolute Gasteiger partial charge is 0.337 e. The minimum Gasteiger partial charge on any atom is -0.337 e. The van der Waals surface area contributed by atoms with Gasteiger partial charge in [0.05, 0.1) is 17.0 Å². The average molecular weight is 393 g/mol. The van der Waals surface area contributed by atoms with Crippen LogP contribution in [-0.4, -0.2) is 38.3 Å². The molecule has 0 bridgehead atoms. The lowest BCUT2D eigenvalue weighted by molar-refractivity contribution is 0.0786. The molecule has 0 aromatic heterocycles. The van der Waals surface area contributed by atoms with Crippen LogP contribution in [0.1, 0.15) is 29.3 Å². The minimum absolute atomic E-state index is 0.0210. The SMILES string of the molecule is CCCS(=O)(=O)Nc1ccccc1C(=O)N(C)Cc1ccc(SC)cc1. The molecule has 5 nitrogen and oxygen atoms in total. The van der Waals surface area contributed by atoms with E-state index in [4.69, 9.17) is 0 Å². The molecule has 2 aromatic carbocycles. The quantitative estimate of drug-likeness (QED) is 0.693. The number of amides is 1. The molecule has 0 fully saturated rings. The van der Waals surface area contributed by atoms with Crippen LogP contribution in [0.4, 0.5) is 5.69 Å². The zero-order valence-corrected chi connectivity index (χ0v) is 16.9. The van der Waals surface area contributed by atoms with Gasteiger partial charge in [0.25, 0.3) is 5.91 Å². The summed E-state index contributed by atoms with van der Waals surface area (Å²) in [5.74, 6) is -0.207. The van der Waals surface area contributed by atoms with Crippen LogP contribution < -0.4 is 4.72 Å². The molecular formula is C19H24N2O3S2. The third-order valence-electron chi connectivity index (χ3n) is 3.82. The van der Waals surface area contributed by atoms with Crippen LogP contribution in [0.2, 0.25) is 0 Å². The fourth-order valence-electron chi connectivity index (χ4n) is 2.53. The number of thioether (sulfide) groups is 1. The Kier molecular flexibility index (Phi) is 7.11. The zero-order valence-electron chi connectivity index (χ0n) is 15.2. The van der Waals surface area contributed by atoms with Gasteiger partial charge < -0.3 is 4.90 Å². The van der Waals surface area contributed by atoms with Crippen molar-refractivity contribution in [3.63, 3.8) is 0 Å². The van der Waals surface area contributed by atoms with E-state index < -0.39 is 10.0 Å². The standard InChI is InChI=1S/C19H24N2O3S2/c1-4-13-26(23,24)20-18-8-6-5-7-17(18)19(22)21(2)14-15-9-11-16(25-3)12-10-15/h5-12,20H,4,13-14H2,1-3H3. The van der Waals surface area contributed by atoms with E-state index in [2.05, 4.69) is 4.72 Å². The number of para-hydroxylation sites is 1. The molecule has 0 aliphatic rings. The third kappa shape index (κ3) is 5.51. The summed E-state index contributed by atoms with van der Waals surface area (Å²) >= 11 is 1.66. The maximum absolute atomic E-state index is 12.8. The molecule has 0 heterocycles. The third-order valence-corrected chi connectivity index (χ3v) is 6.04. The van der Waals surface area contributed by atoms with Gasteiger partial charge in [0.1, 0.15) is 0 Å². The van der Waals surface area contributed by atoms with Crippen molar-refractivity contribution >= 4 is 33.4 Å². The molecule has 140 valence electrons. The Hall–Kier alpha value is -1.99. The Morgan fingerprint density at radius 2 is 1.77 bits per heavy atom. The van der Waals surface area contributed by atoms with Gasteiger partial charge in [-0.25, -0.2) is 8.42 Å². The number of benzene rings is 2. The van der Waals surface area contributed by atoms with Gasteiger partial charge in [0.2, 0.25) is 10.0 Å². The van der Waals surface area contributed by atoms with Gasteiger partial charge in [0, 0.05) is 18.5 Å². The lowest BCUT2D eigenvalue weighted by atomic mass is 10.1. The lowest BCUT2D eigenvalue weighted by Crippen LogP contribution is -2.28. The van der Waals surface area contributed by atoms with Crippen LogP contribution >= 0.6 is 11.8 Å². The van der Waals surface area contributed by atoms with E-state index >= 15 is 0 Å². The van der Waals surface area contributed by atoms with Crippen molar-refractivity contribution in [1.82, 2.24) is 4.90 Å². The summed E-state index contributed by atoms with van der Waals surface area (Å²) < 4.78 is 26.6. The number of sulfonamides is 1. The van der Waals surface area contributed by atoms with Gasteiger partial charge in [-0.3, -0.25) is 9.52 Å². The van der Waals surface area contributed by atoms with E-state index in [0.717, 1.165) is 5.56 Å². The highest BCUT2D eigenvalue weighted by atomic mass is 32.2. The van der Waals surface area contributed by atoms with Crippen molar-refractivity contribution in [1.29, 1.82) is 0 Å². The molecule has 0 aliphatic heterocycles. The number of anilines is 1. The molecular weight excluding hydrogens is 368 g/mol. The number of rotatable bonds is 8. The van der Waals surface area contributed by atoms with Gasteiger partial charge in [0.15, 0.2) is 0 Å². The molecule has 0 aliphatic carbocycles. The molecule has 0 saturated heterocycles. The first-order chi connectivity index (χ1) is 12.4. The second-order valence-electron chi connectivity index (χ2n) is 5.98. The Bertz CT molecular complexity index is 849. The molecule has 2 aromatic rings. The van der Waals surface area contributed by atoms with Gasteiger partial charge in [-0.2, -0.15) is 0 Å². The van der Waals surface area contributed by atoms with E-state index in [1.54, 1.807) is 54.9 Å². The molecule has 7 heteroatoms. The first-order valence-electron chi connectivity index (χ1n) is 8.34. The molecule has 1 amide bonds. The molecule has 0 atom stereocenters. The topological polar surface area (TPSA) is 66.5 Å². The maximum Gasteiger partial charge on any atom is 0.256 e. The first-order valence-corrected chi connectivity index (χ1v) is 11.2. The predicted octanol–water partition coefficient (Wildman–Crippen LogP) is 3.83. The highest BCUT2D eigenvalue weighted by Crippen LogP contribution is 2.20. The number of hydrogen-bond acceptors (Lipinski definition) is 4. The average Bonchev–Trinajstić information content (AvgIpc) is 2.61. The molecule has 0 saturated carbocycles. The highest BCUT2D eigenvalue weighted by Gasteiger charge is 2.19. The Morgan fingerprint density at radius 1 is 1.12 bits per heavy atom. The first kappa shape index (κ1) is 20.3. The van der Waals surface area contributed by atoms with Crippen molar-refractivity contribution in [2.45, 2.75) is 24.8 Å². The van der Waals surface area contributed by atoms with Crippen molar-refractivity contribution < 1.29 is 13.2 Å². The summed E-state index contributed by atoms with van der Waals surface area (Å²) in [7, 11) is -1.75. The van der Waals surface area contributed by atoms with Crippen molar-refractivity contribution in [2.24, 2.45) is 0 Å². The van der Waals surface area contributed by atoms with Gasteiger partial charge >= 0.3 is 0 Å². The van der Waals surface area contributed by atoms with Crippen molar-refractivity contribution in [2.75, 3.05) is 23.8 Å². The number of hydrogen-bond donors (Lipinski definition) is 1. The molecule has 1 N–H and O–H groups in total. The van der Waals surface area contributed by atoms with Crippen LogP contribution in [0.5, 0.6) is 0 Å². The number of nitrogens with zero attached hydrogens (tertiary/aromatic N) is 1. The van der Waals surface area contributed by atoms with E-state index in [-0.39, 0.29) is 11.7 Å². The van der Waals surface area contributed by atoms with Crippen LogP contribution in [0, 0.1) is 0 Å². The van der Waals surface area contributed by atoms with Crippen LogP contribution in [0.3, 0.4) is 0 Å². The van der Waals surface area contributed by atoms with Crippen LogP contribution in [-0.2, 0) is 16.6 Å². The van der Waals surface area contributed by atoms with Crippen LogP contribution in [0.15, 0.2) is 53.4 Å². The smallest absolute Gasteiger partial charge is 0.256 e. The Labute approximate surface area is 159 Å². The Morgan fingerprint density at radius 3 is 2.38 bits per heavy atom. The summed E-state index contributed by atoms with van der Waals surface area (Å²) in [6.07, 6.45) is 2.53. The summed E-state index contributed by atoms with van der Waals surface area (Å²) in [6, 6.07) is 14.7. The van der Waals surface area contributed by atoms with Gasteiger partial charge in [-0.05, 0) is 42.5 Å². The summed E-state index contributed by atoms with van der Waals surface area (Å²) in [5, 5.41) is 0. The fourth-order valence-corrected chi connectivity index (χ4v) is 4.09. The summed E-state index contributed by atoms with van der Waals surface area (Å²) in [5.41, 5.74) is 1.67. The minimum atomic E-state index is -3.46.